The molecule has 1 aliphatic rings. The van der Waals surface area contributed by atoms with Crippen LogP contribution < -0.4 is 15.0 Å². The Labute approximate surface area is 308 Å². The molecule has 12 heteroatoms. The highest BCUT2D eigenvalue weighted by Gasteiger charge is 2.43. The van der Waals surface area contributed by atoms with Crippen LogP contribution in [-0.4, -0.2) is 70.6 Å². The Morgan fingerprint density at radius 3 is 2.37 bits per heavy atom. The summed E-state index contributed by atoms with van der Waals surface area (Å²) in [5, 5.41) is 13.2. The summed E-state index contributed by atoms with van der Waals surface area (Å²) in [5.74, 6) is 2.18. The average molecular weight is 721 g/mol. The van der Waals surface area contributed by atoms with E-state index in [0.29, 0.717) is 38.5 Å². The van der Waals surface area contributed by atoms with Crippen molar-refractivity contribution in [3.8, 4) is 17.1 Å². The number of benzene rings is 2. The molecule has 52 heavy (non-hydrogen) atoms. The predicted molar refractivity (Wildman–Crippen MR) is 210 cm³/mol. The predicted octanol–water partition coefficient (Wildman–Crippen LogP) is 8.61. The van der Waals surface area contributed by atoms with Gasteiger partial charge in [-0.2, -0.15) is 5.10 Å². The van der Waals surface area contributed by atoms with Crippen LogP contribution in [-0.2, 0) is 17.4 Å². The van der Waals surface area contributed by atoms with E-state index in [4.69, 9.17) is 19.2 Å². The van der Waals surface area contributed by atoms with Gasteiger partial charge in [0.05, 0.1) is 18.5 Å². The number of carbonyl (C=O) groups excluding carboxylic acids is 1. The maximum absolute atomic E-state index is 13.6. The Morgan fingerprint density at radius 2 is 1.71 bits per heavy atom. The van der Waals surface area contributed by atoms with E-state index < -0.39 is 8.32 Å². The van der Waals surface area contributed by atoms with Crippen molar-refractivity contribution < 1.29 is 14.0 Å². The largest absolute Gasteiger partial charge is 0.497 e. The van der Waals surface area contributed by atoms with E-state index in [9.17, 15) is 4.79 Å². The molecule has 0 bridgehead atoms. The number of hydrogen-bond donors (Lipinski definition) is 1. The molecule has 0 atom stereocenters. The smallest absolute Gasteiger partial charge is 0.326 e. The minimum absolute atomic E-state index is 0.0559. The average Bonchev–Trinajstić information content (AvgIpc) is 3.91. The first-order chi connectivity index (χ1) is 24.9. The summed E-state index contributed by atoms with van der Waals surface area (Å²) in [6.45, 7) is 17.9. The number of anilines is 3. The van der Waals surface area contributed by atoms with Gasteiger partial charge in [0, 0.05) is 74.3 Å². The van der Waals surface area contributed by atoms with Crippen LogP contribution in [0.5, 0.6) is 5.75 Å². The van der Waals surface area contributed by atoms with Gasteiger partial charge in [0.15, 0.2) is 14.1 Å². The molecular weight excluding hydrogens is 669 g/mol. The van der Waals surface area contributed by atoms with Crippen molar-refractivity contribution >= 4 is 31.7 Å². The van der Waals surface area contributed by atoms with Crippen LogP contribution in [0.15, 0.2) is 79.3 Å². The molecule has 0 unspecified atom stereocenters. The Bertz CT molecular complexity index is 1980. The van der Waals surface area contributed by atoms with E-state index in [2.05, 4.69) is 76.2 Å². The summed E-state index contributed by atoms with van der Waals surface area (Å²) in [7, 11) is -0.376. The van der Waals surface area contributed by atoms with Crippen molar-refractivity contribution in [1.82, 2.24) is 29.4 Å². The second-order valence-corrected chi connectivity index (χ2v) is 19.7. The number of nitrogens with one attached hydrogen (secondary N) is 1. The Morgan fingerprint density at radius 1 is 0.942 bits per heavy atom. The highest BCUT2D eigenvalue weighted by Crippen LogP contribution is 2.42. The third-order valence-corrected chi connectivity index (χ3v) is 16.2. The maximum Gasteiger partial charge on any atom is 0.326 e. The van der Waals surface area contributed by atoms with Crippen LogP contribution in [0.4, 0.5) is 22.1 Å². The van der Waals surface area contributed by atoms with Crippen molar-refractivity contribution in [2.24, 2.45) is 0 Å². The standard InChI is InChI=1S/C40H52N8O3Si/c1-9-52(10-2,40(5,6)7)51-25-19-34-36(27-30(4)42-38(34)43-35-17-14-32(26-29(35)3)47-21-11-20-41-47)48-22-18-37(44-48)46-24-23-45(39(46)49)28-31-12-15-33(50-8)16-13-31/h11-18,20-22,26-27H,9-10,19,23-25,28H2,1-8H3,(H,42,43). The molecule has 1 N–H and O–H groups in total. The SMILES string of the molecule is CC[Si](CC)(OCCc1c(-n2ccc(N3CCN(Cc4ccc(OC)cc4)C3=O)n2)cc(C)nc1Nc1ccc(-n2cccn2)cc1C)C(C)(C)C. The van der Waals surface area contributed by atoms with E-state index in [1.165, 1.54) is 0 Å². The first-order valence-electron chi connectivity index (χ1n) is 18.2. The minimum Gasteiger partial charge on any atom is -0.497 e. The third kappa shape index (κ3) is 7.63. The lowest BCUT2D eigenvalue weighted by Crippen LogP contribution is -2.46. The molecule has 0 saturated carbocycles. The van der Waals surface area contributed by atoms with Crippen LogP contribution in [0, 0.1) is 13.8 Å². The van der Waals surface area contributed by atoms with E-state index in [1.807, 2.05) is 70.0 Å². The molecule has 1 fully saturated rings. The molecular formula is C40H52N8O3Si. The molecule has 0 aliphatic carbocycles. The molecule has 1 aliphatic heterocycles. The van der Waals surface area contributed by atoms with Gasteiger partial charge in [-0.3, -0.25) is 4.90 Å². The minimum atomic E-state index is -2.03. The molecule has 274 valence electrons. The highest BCUT2D eigenvalue weighted by atomic mass is 28.4. The van der Waals surface area contributed by atoms with Gasteiger partial charge in [0.2, 0.25) is 0 Å². The molecule has 3 aromatic heterocycles. The van der Waals surface area contributed by atoms with Crippen molar-refractivity contribution in [2.45, 2.75) is 78.6 Å². The summed E-state index contributed by atoms with van der Waals surface area (Å²) in [4.78, 5) is 22.3. The quantitative estimate of drug-likeness (QED) is 0.115. The highest BCUT2D eigenvalue weighted by molar-refractivity contribution is 6.76. The Hall–Kier alpha value is -4.94. The zero-order valence-corrected chi connectivity index (χ0v) is 32.8. The lowest BCUT2D eigenvalue weighted by atomic mass is 10.1. The van der Waals surface area contributed by atoms with Crippen molar-refractivity contribution in [3.05, 3.63) is 102 Å². The summed E-state index contributed by atoms with van der Waals surface area (Å²) in [6.07, 6.45) is 6.30. The van der Waals surface area contributed by atoms with Crippen LogP contribution >= 0.6 is 0 Å². The molecule has 4 heterocycles. The van der Waals surface area contributed by atoms with Gasteiger partial charge in [0.1, 0.15) is 11.6 Å². The normalized spacial score (nSPS) is 13.7. The zero-order valence-electron chi connectivity index (χ0n) is 31.8. The Kier molecular flexibility index (Phi) is 10.9. The fraction of sp³-hybridized carbons (Fsp3) is 0.400. The van der Waals surface area contributed by atoms with Crippen molar-refractivity contribution in [3.63, 3.8) is 0 Å². The number of hydrogen-bond acceptors (Lipinski definition) is 7. The Balaban J connectivity index is 1.30. The van der Waals surface area contributed by atoms with Gasteiger partial charge in [-0.1, -0.05) is 46.8 Å². The lowest BCUT2D eigenvalue weighted by molar-refractivity contribution is 0.218. The van der Waals surface area contributed by atoms with Crippen molar-refractivity contribution in [2.75, 3.05) is 37.0 Å². The third-order valence-electron chi connectivity index (χ3n) is 10.4. The number of pyridine rings is 1. The van der Waals surface area contributed by atoms with E-state index >= 15 is 0 Å². The molecule has 11 nitrogen and oxygen atoms in total. The summed E-state index contributed by atoms with van der Waals surface area (Å²) >= 11 is 0. The van der Waals surface area contributed by atoms with Crippen LogP contribution in [0.2, 0.25) is 17.1 Å². The topological polar surface area (TPSA) is 103 Å². The molecule has 5 aromatic rings. The van der Waals surface area contributed by atoms with Gasteiger partial charge >= 0.3 is 6.03 Å². The van der Waals surface area contributed by atoms with Crippen LogP contribution in [0.25, 0.3) is 11.4 Å². The summed E-state index contributed by atoms with van der Waals surface area (Å²) in [5.41, 5.74) is 6.85. The molecule has 0 radical (unpaired) electrons. The number of ether oxygens (including phenoxy) is 1. The van der Waals surface area contributed by atoms with Crippen molar-refractivity contribution in [1.29, 1.82) is 0 Å². The molecule has 2 aromatic carbocycles. The van der Waals surface area contributed by atoms with Gasteiger partial charge in [0.25, 0.3) is 0 Å². The number of aromatic nitrogens is 5. The maximum atomic E-state index is 13.6. The van der Waals surface area contributed by atoms with E-state index in [1.54, 1.807) is 18.2 Å². The van der Waals surface area contributed by atoms with Crippen LogP contribution in [0.1, 0.15) is 57.0 Å². The lowest BCUT2D eigenvalue weighted by Gasteiger charge is -2.41. The first-order valence-corrected chi connectivity index (χ1v) is 20.5. The monoisotopic (exact) mass is 720 g/mol. The second-order valence-electron chi connectivity index (χ2n) is 14.6. The molecule has 0 spiro atoms. The number of aryl methyl sites for hydroxylation is 2. The fourth-order valence-corrected chi connectivity index (χ4v) is 11.2. The summed E-state index contributed by atoms with van der Waals surface area (Å²) < 4.78 is 16.0. The van der Waals surface area contributed by atoms with Gasteiger partial charge in [-0.25, -0.2) is 19.1 Å². The van der Waals surface area contributed by atoms with E-state index in [-0.39, 0.29) is 11.1 Å². The second kappa shape index (κ2) is 15.3. The van der Waals surface area contributed by atoms with Gasteiger partial charge < -0.3 is 19.4 Å². The zero-order chi connectivity index (χ0) is 37.0. The molecule has 2 amide bonds. The summed E-state index contributed by atoms with van der Waals surface area (Å²) in [6, 6.07) is 22.0. The van der Waals surface area contributed by atoms with Gasteiger partial charge in [-0.05, 0) is 84.6 Å². The number of rotatable bonds is 14. The molecule has 6 rings (SSSR count). The molecule has 1 saturated heterocycles. The van der Waals surface area contributed by atoms with E-state index in [0.717, 1.165) is 63.1 Å². The first kappa shape index (κ1) is 36.8. The van der Waals surface area contributed by atoms with Gasteiger partial charge in [-0.15, -0.1) is 5.10 Å². The number of nitrogens with zero attached hydrogens (tertiary/aromatic N) is 7. The number of urea groups is 1. The number of carbonyl (C=O) groups is 1. The van der Waals surface area contributed by atoms with Crippen LogP contribution in [0.3, 0.4) is 0 Å². The number of methoxy groups -OCH3 is 1. The fourth-order valence-electron chi connectivity index (χ4n) is 7.28. The number of amides is 2.